The van der Waals surface area contributed by atoms with E-state index < -0.39 is 37.4 Å². The van der Waals surface area contributed by atoms with Gasteiger partial charge in [-0.1, -0.05) is 21.9 Å². The Morgan fingerprint density at radius 3 is 1.79 bits per heavy atom. The molecule has 308 valence electrons. The lowest BCUT2D eigenvalue weighted by atomic mass is 9.87. The molecule has 2 spiro atoms. The molecular weight excluding hydrogens is 814 g/mol. The van der Waals surface area contributed by atoms with Crippen molar-refractivity contribution in [1.29, 1.82) is 0 Å². The molecule has 18 nitrogen and oxygen atoms in total. The standard InChI is InChI=1S/C24H29ClN4O6S2.C10H17N3O5S/c1-33-18-13-17(14-19(15-18)34-2)27-9-11-28(12-10-27)23(30)20-16-24(35-26-20)5-7-29(8-6-24)37(31,32)22-4-3-21(25)36-22;1-12(2)19(16,17)13-5-3-10(4-6-13)7-8(9(14)15)11-18-10/h3-4,13-15H,5-12,16H2,1-2H3;3-7H2,1-2H3,(H,14,15). The summed E-state index contributed by atoms with van der Waals surface area (Å²) < 4.78 is 65.1. The normalized spacial score (nSPS) is 21.2. The fourth-order valence-corrected chi connectivity index (χ4v) is 11.4. The summed E-state index contributed by atoms with van der Waals surface area (Å²) in [6, 6.07) is 8.86. The molecule has 0 atom stereocenters. The maximum atomic E-state index is 13.2. The Morgan fingerprint density at radius 2 is 1.32 bits per heavy atom. The molecule has 56 heavy (non-hydrogen) atoms. The summed E-state index contributed by atoms with van der Waals surface area (Å²) >= 11 is 6.98. The highest BCUT2D eigenvalue weighted by Gasteiger charge is 2.48. The van der Waals surface area contributed by atoms with Gasteiger partial charge >= 0.3 is 5.97 Å². The van der Waals surface area contributed by atoms with Gasteiger partial charge in [0.2, 0.25) is 0 Å². The van der Waals surface area contributed by atoms with E-state index in [0.29, 0.717) is 106 Å². The van der Waals surface area contributed by atoms with Crippen molar-refractivity contribution in [2.24, 2.45) is 10.3 Å². The molecule has 1 N–H and O–H groups in total. The summed E-state index contributed by atoms with van der Waals surface area (Å²) in [5, 5.41) is 16.6. The number of benzene rings is 1. The van der Waals surface area contributed by atoms with Crippen molar-refractivity contribution in [3.05, 3.63) is 34.7 Å². The third kappa shape index (κ3) is 8.87. The number of sulfonamides is 1. The first-order valence-electron chi connectivity index (χ1n) is 17.9. The molecule has 1 aromatic heterocycles. The Balaban J connectivity index is 0.000000235. The molecule has 0 radical (unpaired) electrons. The van der Waals surface area contributed by atoms with Gasteiger partial charge < -0.3 is 34.1 Å². The number of oxime groups is 2. The molecule has 5 aliphatic heterocycles. The van der Waals surface area contributed by atoms with Crippen LogP contribution in [0.2, 0.25) is 4.34 Å². The molecule has 1 amide bonds. The Hall–Kier alpha value is -3.73. The Morgan fingerprint density at radius 1 is 0.804 bits per heavy atom. The van der Waals surface area contributed by atoms with Crippen LogP contribution in [0.15, 0.2) is 44.9 Å². The summed E-state index contributed by atoms with van der Waals surface area (Å²) in [6.07, 6.45) is 2.45. The molecule has 6 heterocycles. The van der Waals surface area contributed by atoms with Crippen LogP contribution in [0.1, 0.15) is 38.5 Å². The number of piperazine rings is 1. The molecule has 5 aliphatic rings. The number of carboxylic acid groups (broad SMARTS) is 1. The minimum absolute atomic E-state index is 0.00363. The van der Waals surface area contributed by atoms with E-state index in [0.717, 1.165) is 17.0 Å². The summed E-state index contributed by atoms with van der Waals surface area (Å²) in [6.45, 7) is 3.67. The predicted octanol–water partition coefficient (Wildman–Crippen LogP) is 2.56. The van der Waals surface area contributed by atoms with Crippen molar-refractivity contribution >= 4 is 72.2 Å². The fraction of sp³-hybridized carbons (Fsp3) is 0.588. The van der Waals surface area contributed by atoms with Crippen LogP contribution in [0.4, 0.5) is 5.69 Å². The van der Waals surface area contributed by atoms with Gasteiger partial charge in [0.05, 0.1) is 18.6 Å². The van der Waals surface area contributed by atoms with E-state index in [4.69, 9.17) is 35.9 Å². The van der Waals surface area contributed by atoms with Crippen LogP contribution in [0.3, 0.4) is 0 Å². The van der Waals surface area contributed by atoms with Crippen LogP contribution < -0.4 is 14.4 Å². The molecule has 2 aromatic rings. The maximum Gasteiger partial charge on any atom is 0.353 e. The number of halogens is 1. The summed E-state index contributed by atoms with van der Waals surface area (Å²) in [4.78, 5) is 39.1. The zero-order chi connectivity index (χ0) is 40.5. The average Bonchev–Trinajstić information content (AvgIpc) is 3.94. The van der Waals surface area contributed by atoms with Crippen LogP contribution in [0, 0.1) is 0 Å². The monoisotopic (exact) mass is 859 g/mol. The zero-order valence-corrected chi connectivity index (χ0v) is 34.8. The number of rotatable bonds is 9. The molecule has 3 saturated heterocycles. The van der Waals surface area contributed by atoms with Gasteiger partial charge in [0, 0.05) is 129 Å². The number of hydrogen-bond acceptors (Lipinski definition) is 14. The highest BCUT2D eigenvalue weighted by molar-refractivity contribution is 7.91. The molecule has 0 bridgehead atoms. The van der Waals surface area contributed by atoms with Crippen molar-refractivity contribution in [3.63, 3.8) is 0 Å². The number of carbonyl (C=O) groups is 2. The topological polar surface area (TPSA) is 200 Å². The SMILES string of the molecule is CN(C)S(=O)(=O)N1CCC2(CC1)CC(C(=O)O)=NO2.COc1cc(OC)cc(N2CCN(C(=O)C3=NOC4(CCN(S(=O)(=O)c5ccc(Cl)s5)CC4)C3)CC2)c1. The Bertz CT molecular complexity index is 2050. The van der Waals surface area contributed by atoms with Crippen molar-refractivity contribution in [1.82, 2.24) is 17.8 Å². The molecule has 0 aliphatic carbocycles. The van der Waals surface area contributed by atoms with Crippen LogP contribution in [-0.4, -0.2) is 155 Å². The third-order valence-corrected chi connectivity index (χ3v) is 16.2. The van der Waals surface area contributed by atoms with Gasteiger partial charge in [-0.2, -0.15) is 21.3 Å². The number of amides is 1. The van der Waals surface area contributed by atoms with Gasteiger partial charge in [-0.25, -0.2) is 13.2 Å². The van der Waals surface area contributed by atoms with Crippen LogP contribution in [0.25, 0.3) is 0 Å². The van der Waals surface area contributed by atoms with E-state index >= 15 is 0 Å². The van der Waals surface area contributed by atoms with Crippen molar-refractivity contribution in [2.75, 3.05) is 85.6 Å². The first kappa shape index (κ1) is 41.9. The van der Waals surface area contributed by atoms with Gasteiger partial charge in [0.15, 0.2) is 5.71 Å². The quantitative estimate of drug-likeness (QED) is 0.387. The molecule has 0 unspecified atom stereocenters. The molecule has 22 heteroatoms. The number of hydrogen-bond donors (Lipinski definition) is 1. The summed E-state index contributed by atoms with van der Waals surface area (Å²) in [5.74, 6) is 0.227. The van der Waals surface area contributed by atoms with Gasteiger partial charge in [0.1, 0.15) is 32.6 Å². The van der Waals surface area contributed by atoms with Crippen LogP contribution in [-0.2, 0) is 39.5 Å². The summed E-state index contributed by atoms with van der Waals surface area (Å²) in [5.41, 5.74) is 0.104. The zero-order valence-electron chi connectivity index (χ0n) is 31.5. The van der Waals surface area contributed by atoms with Crippen LogP contribution in [0.5, 0.6) is 11.5 Å². The van der Waals surface area contributed by atoms with E-state index in [1.54, 1.807) is 25.2 Å². The number of carboxylic acids is 1. The van der Waals surface area contributed by atoms with Gasteiger partial charge in [0.25, 0.3) is 26.1 Å². The fourth-order valence-electron chi connectivity index (χ4n) is 7.19. The number of piperidine rings is 2. The Labute approximate surface area is 335 Å². The van der Waals surface area contributed by atoms with Gasteiger partial charge in [-0.05, 0) is 12.1 Å². The number of methoxy groups -OCH3 is 2. The lowest BCUT2D eigenvalue weighted by Crippen LogP contribution is -2.51. The van der Waals surface area contributed by atoms with Gasteiger partial charge in [-0.15, -0.1) is 11.3 Å². The second kappa shape index (κ2) is 16.6. The minimum Gasteiger partial charge on any atom is -0.497 e. The second-order valence-electron chi connectivity index (χ2n) is 14.3. The number of anilines is 1. The first-order valence-corrected chi connectivity index (χ1v) is 22.0. The van der Waals surface area contributed by atoms with E-state index in [1.165, 1.54) is 33.1 Å². The third-order valence-electron chi connectivity index (χ3n) is 10.6. The highest BCUT2D eigenvalue weighted by Crippen LogP contribution is 2.39. The Kier molecular flexibility index (Phi) is 12.4. The predicted molar refractivity (Wildman–Crippen MR) is 208 cm³/mol. The molecule has 0 saturated carbocycles. The number of thiophene rings is 1. The molecule has 1 aromatic carbocycles. The highest BCUT2D eigenvalue weighted by atomic mass is 35.5. The summed E-state index contributed by atoms with van der Waals surface area (Å²) in [7, 11) is -0.804. The lowest BCUT2D eigenvalue weighted by Gasteiger charge is -2.37. The largest absolute Gasteiger partial charge is 0.497 e. The average molecular weight is 860 g/mol. The van der Waals surface area contributed by atoms with E-state index in [2.05, 4.69) is 15.2 Å². The second-order valence-corrected chi connectivity index (χ2v) is 20.3. The van der Waals surface area contributed by atoms with Gasteiger partial charge in [-0.3, -0.25) is 4.79 Å². The van der Waals surface area contributed by atoms with Crippen LogP contribution >= 0.6 is 22.9 Å². The smallest absolute Gasteiger partial charge is 0.353 e. The number of nitrogens with zero attached hydrogens (tertiary/aromatic N) is 7. The number of aliphatic carboxylic acids is 1. The van der Waals surface area contributed by atoms with Crippen molar-refractivity contribution < 1.29 is 50.7 Å². The van der Waals surface area contributed by atoms with E-state index in [1.807, 2.05) is 18.2 Å². The molecule has 7 rings (SSSR count). The van der Waals surface area contributed by atoms with E-state index in [-0.39, 0.29) is 22.2 Å². The molecule has 3 fully saturated rings. The van der Waals surface area contributed by atoms with Crippen molar-refractivity contribution in [3.8, 4) is 11.5 Å². The molecular formula is C34H46ClN7O11S3. The van der Waals surface area contributed by atoms with Crippen molar-refractivity contribution in [2.45, 2.75) is 53.9 Å². The maximum absolute atomic E-state index is 13.2. The first-order chi connectivity index (χ1) is 26.5. The number of ether oxygens (including phenoxy) is 2. The number of carbonyl (C=O) groups excluding carboxylic acids is 1. The minimum atomic E-state index is -3.59. The lowest BCUT2D eigenvalue weighted by molar-refractivity contribution is -0.129. The van der Waals surface area contributed by atoms with E-state index in [9.17, 15) is 26.4 Å².